The highest BCUT2D eigenvalue weighted by atomic mass is 19.1. The van der Waals surface area contributed by atoms with Crippen molar-refractivity contribution in [3.05, 3.63) is 72.8 Å². The molecule has 6 rings (SSSR count). The average Bonchev–Trinajstić information content (AvgIpc) is 3.53. The quantitative estimate of drug-likeness (QED) is 0.222. The molecule has 10 heteroatoms. The second kappa shape index (κ2) is 9.54. The Hall–Kier alpha value is -4.73. The number of hydrogen-bond donors (Lipinski definition) is 3. The van der Waals surface area contributed by atoms with E-state index in [2.05, 4.69) is 56.2 Å². The van der Waals surface area contributed by atoms with Crippen LogP contribution in [-0.2, 0) is 0 Å². The van der Waals surface area contributed by atoms with Crippen molar-refractivity contribution in [3.8, 4) is 33.9 Å². The first-order chi connectivity index (χ1) is 18.8. The van der Waals surface area contributed by atoms with Gasteiger partial charge >= 0.3 is 0 Å². The Kier molecular flexibility index (Phi) is 6.02. The molecule has 0 aliphatic heterocycles. The first-order valence-corrected chi connectivity index (χ1v) is 12.6. The number of nitrogens with zero attached hydrogens (tertiary/aromatic N) is 5. The smallest absolute Gasteiger partial charge is 0.161 e. The molecule has 0 saturated carbocycles. The number of nitrogens with one attached hydrogen (secondary N) is 3. The summed E-state index contributed by atoms with van der Waals surface area (Å²) < 4.78 is 29.9. The number of aromatic amines is 2. The molecule has 0 amide bonds. The van der Waals surface area contributed by atoms with Gasteiger partial charge < -0.3 is 10.3 Å². The van der Waals surface area contributed by atoms with Gasteiger partial charge in [-0.15, -0.1) is 0 Å². The largest absolute Gasteiger partial charge is 0.384 e. The zero-order valence-corrected chi connectivity index (χ0v) is 21.7. The van der Waals surface area contributed by atoms with Gasteiger partial charge in [-0.25, -0.2) is 18.7 Å². The van der Waals surface area contributed by atoms with Gasteiger partial charge in [-0.3, -0.25) is 15.1 Å². The summed E-state index contributed by atoms with van der Waals surface area (Å²) in [7, 11) is 0. The van der Waals surface area contributed by atoms with Gasteiger partial charge in [0.05, 0.1) is 22.8 Å². The van der Waals surface area contributed by atoms with Gasteiger partial charge in [0.1, 0.15) is 22.7 Å². The molecule has 5 heterocycles. The van der Waals surface area contributed by atoms with Crippen LogP contribution in [0.4, 0.5) is 14.5 Å². The molecule has 5 aromatic heterocycles. The normalized spacial score (nSPS) is 11.9. The SMILES string of the molecule is CC(C)(C)CCNc1cncc(-c2ncc3[nH]nc(-c4nc5c(-c6cccc(F)c6)ccnc5[nH]4)c3c2F)c1. The Labute approximate surface area is 223 Å². The van der Waals surface area contributed by atoms with Crippen molar-refractivity contribution in [1.82, 2.24) is 35.1 Å². The third-order valence-corrected chi connectivity index (χ3v) is 6.50. The lowest BCUT2D eigenvalue weighted by Gasteiger charge is -2.18. The number of halogens is 2. The molecular formula is C29H26F2N8. The maximum atomic E-state index is 16.0. The zero-order chi connectivity index (χ0) is 27.1. The summed E-state index contributed by atoms with van der Waals surface area (Å²) in [4.78, 5) is 20.8. The van der Waals surface area contributed by atoms with Gasteiger partial charge in [0, 0.05) is 36.3 Å². The van der Waals surface area contributed by atoms with Crippen LogP contribution in [0.1, 0.15) is 27.2 Å². The molecule has 0 aliphatic carbocycles. The van der Waals surface area contributed by atoms with Crippen molar-refractivity contribution in [2.45, 2.75) is 27.2 Å². The van der Waals surface area contributed by atoms with Gasteiger partial charge in [-0.05, 0) is 41.7 Å². The Morgan fingerprint density at radius 1 is 0.949 bits per heavy atom. The summed E-state index contributed by atoms with van der Waals surface area (Å²) in [6, 6.07) is 9.86. The van der Waals surface area contributed by atoms with E-state index in [0.717, 1.165) is 18.7 Å². The van der Waals surface area contributed by atoms with Crippen LogP contribution in [0.15, 0.2) is 61.2 Å². The van der Waals surface area contributed by atoms with E-state index in [0.29, 0.717) is 44.9 Å². The molecule has 0 aliphatic rings. The molecule has 8 nitrogen and oxygen atoms in total. The topological polar surface area (TPSA) is 108 Å². The maximum absolute atomic E-state index is 16.0. The summed E-state index contributed by atoms with van der Waals surface area (Å²) in [5.41, 5.74) is 4.78. The van der Waals surface area contributed by atoms with Crippen LogP contribution < -0.4 is 5.32 Å². The van der Waals surface area contributed by atoms with E-state index in [1.807, 2.05) is 6.07 Å². The summed E-state index contributed by atoms with van der Waals surface area (Å²) in [5.74, 6) is -0.556. The molecule has 6 aromatic rings. The number of aromatic nitrogens is 7. The number of pyridine rings is 3. The van der Waals surface area contributed by atoms with E-state index in [9.17, 15) is 4.39 Å². The summed E-state index contributed by atoms with van der Waals surface area (Å²) in [6.07, 6.45) is 7.43. The minimum absolute atomic E-state index is 0.159. The van der Waals surface area contributed by atoms with E-state index in [1.54, 1.807) is 43.0 Å². The number of benzene rings is 1. The van der Waals surface area contributed by atoms with Crippen LogP contribution in [0.2, 0.25) is 0 Å². The Morgan fingerprint density at radius 2 is 1.82 bits per heavy atom. The lowest BCUT2D eigenvalue weighted by atomic mass is 9.92. The Balaban J connectivity index is 1.40. The standard InChI is InChI=1S/C29H26F2N8/c1-29(2,3)8-10-33-19-12-17(13-32-14-19)24-23(31)22-21(15-35-24)38-39-26(22)28-36-25-20(7-9-34-27(25)37-28)16-5-4-6-18(30)11-16/h4-7,9,11-15,33H,8,10H2,1-3H3,(H,38,39)(H,34,36,37). The molecule has 0 atom stereocenters. The molecule has 0 spiro atoms. The highest BCUT2D eigenvalue weighted by Gasteiger charge is 2.22. The highest BCUT2D eigenvalue weighted by molar-refractivity contribution is 5.97. The lowest BCUT2D eigenvalue weighted by Crippen LogP contribution is -2.12. The van der Waals surface area contributed by atoms with Crippen LogP contribution in [0.3, 0.4) is 0 Å². The summed E-state index contributed by atoms with van der Waals surface area (Å²) in [6.45, 7) is 7.31. The van der Waals surface area contributed by atoms with Crippen LogP contribution in [0.25, 0.3) is 56.0 Å². The molecule has 0 unspecified atom stereocenters. The van der Waals surface area contributed by atoms with E-state index in [-0.39, 0.29) is 22.3 Å². The lowest BCUT2D eigenvalue weighted by molar-refractivity contribution is 0.390. The second-order valence-corrected chi connectivity index (χ2v) is 10.6. The van der Waals surface area contributed by atoms with E-state index in [4.69, 9.17) is 4.98 Å². The number of anilines is 1. The van der Waals surface area contributed by atoms with Crippen LogP contribution >= 0.6 is 0 Å². The molecule has 0 saturated heterocycles. The number of rotatable bonds is 6. The number of fused-ring (bicyclic) bond motifs is 2. The highest BCUT2D eigenvalue weighted by Crippen LogP contribution is 2.34. The molecule has 3 N–H and O–H groups in total. The van der Waals surface area contributed by atoms with Crippen molar-refractivity contribution in [3.63, 3.8) is 0 Å². The maximum Gasteiger partial charge on any atom is 0.161 e. The molecule has 1 aromatic carbocycles. The fourth-order valence-electron chi connectivity index (χ4n) is 4.51. The molecule has 196 valence electrons. The third-order valence-electron chi connectivity index (χ3n) is 6.50. The van der Waals surface area contributed by atoms with Crippen LogP contribution in [0.5, 0.6) is 0 Å². The monoisotopic (exact) mass is 524 g/mol. The predicted molar refractivity (Wildman–Crippen MR) is 148 cm³/mol. The molecule has 39 heavy (non-hydrogen) atoms. The number of hydrogen-bond acceptors (Lipinski definition) is 6. The summed E-state index contributed by atoms with van der Waals surface area (Å²) >= 11 is 0. The van der Waals surface area contributed by atoms with Crippen molar-refractivity contribution in [1.29, 1.82) is 0 Å². The van der Waals surface area contributed by atoms with Gasteiger partial charge in [0.15, 0.2) is 17.3 Å². The molecule has 0 radical (unpaired) electrons. The van der Waals surface area contributed by atoms with Gasteiger partial charge in [-0.1, -0.05) is 32.9 Å². The summed E-state index contributed by atoms with van der Waals surface area (Å²) in [5, 5.41) is 10.8. The third kappa shape index (κ3) is 4.81. The minimum Gasteiger partial charge on any atom is -0.384 e. The van der Waals surface area contributed by atoms with Gasteiger partial charge in [-0.2, -0.15) is 5.10 Å². The first-order valence-electron chi connectivity index (χ1n) is 12.6. The van der Waals surface area contributed by atoms with Crippen molar-refractivity contribution in [2.24, 2.45) is 5.41 Å². The van der Waals surface area contributed by atoms with Crippen molar-refractivity contribution in [2.75, 3.05) is 11.9 Å². The van der Waals surface area contributed by atoms with Crippen LogP contribution in [-0.4, -0.2) is 41.7 Å². The zero-order valence-electron chi connectivity index (χ0n) is 21.7. The molecular weight excluding hydrogens is 498 g/mol. The molecule has 0 bridgehead atoms. The minimum atomic E-state index is -0.538. The Morgan fingerprint density at radius 3 is 2.64 bits per heavy atom. The van der Waals surface area contributed by atoms with Crippen LogP contribution in [0, 0.1) is 17.0 Å². The first kappa shape index (κ1) is 24.6. The second-order valence-electron chi connectivity index (χ2n) is 10.6. The van der Waals surface area contributed by atoms with Gasteiger partial charge in [0.2, 0.25) is 0 Å². The molecule has 0 fully saturated rings. The van der Waals surface area contributed by atoms with E-state index in [1.165, 1.54) is 12.1 Å². The number of imidazole rings is 1. The number of H-pyrrole nitrogens is 2. The van der Waals surface area contributed by atoms with Gasteiger partial charge in [0.25, 0.3) is 0 Å². The predicted octanol–water partition coefficient (Wildman–Crippen LogP) is 6.75. The fourth-order valence-corrected chi connectivity index (χ4v) is 4.51. The van der Waals surface area contributed by atoms with E-state index < -0.39 is 5.82 Å². The van der Waals surface area contributed by atoms with Crippen molar-refractivity contribution >= 4 is 27.8 Å². The average molecular weight is 525 g/mol. The Bertz CT molecular complexity index is 1820. The van der Waals surface area contributed by atoms with Crippen molar-refractivity contribution < 1.29 is 8.78 Å². The van der Waals surface area contributed by atoms with E-state index >= 15 is 4.39 Å². The fraction of sp³-hybridized carbons (Fsp3) is 0.207.